The summed E-state index contributed by atoms with van der Waals surface area (Å²) in [6, 6.07) is 13.3. The predicted octanol–water partition coefficient (Wildman–Crippen LogP) is 5.08. The number of halogens is 1. The molecule has 0 aliphatic carbocycles. The number of nitrogens with one attached hydrogen (secondary N) is 1. The second-order valence-electron chi connectivity index (χ2n) is 6.61. The fraction of sp³-hybridized carbons (Fsp3) is 0.174. The van der Waals surface area contributed by atoms with Crippen molar-refractivity contribution in [3.63, 3.8) is 0 Å². The number of nitrogens with zero attached hydrogens (tertiary/aromatic N) is 2. The van der Waals surface area contributed by atoms with Crippen molar-refractivity contribution in [1.82, 2.24) is 9.97 Å². The molecular weight excluding hydrogens is 446 g/mol. The molecular formula is C23H22BrN3O3. The number of hydrogen-bond donors (Lipinski definition) is 1. The van der Waals surface area contributed by atoms with E-state index >= 15 is 0 Å². The molecule has 0 saturated heterocycles. The quantitative estimate of drug-likeness (QED) is 0.467. The van der Waals surface area contributed by atoms with Crippen LogP contribution in [0.2, 0.25) is 0 Å². The lowest BCUT2D eigenvalue weighted by atomic mass is 10.1. The molecule has 154 valence electrons. The Morgan fingerprint density at radius 2 is 2.00 bits per heavy atom. The van der Waals surface area contributed by atoms with E-state index in [-0.39, 0.29) is 12.0 Å². The van der Waals surface area contributed by atoms with Gasteiger partial charge in [0.05, 0.1) is 12.8 Å². The van der Waals surface area contributed by atoms with Gasteiger partial charge in [0.1, 0.15) is 11.9 Å². The molecule has 6 nitrogen and oxygen atoms in total. The van der Waals surface area contributed by atoms with Crippen molar-refractivity contribution in [3.05, 3.63) is 82.2 Å². The third kappa shape index (κ3) is 6.50. The van der Waals surface area contributed by atoms with Crippen LogP contribution >= 0.6 is 15.9 Å². The zero-order valence-corrected chi connectivity index (χ0v) is 18.3. The molecule has 7 heteroatoms. The number of ether oxygens (including phenoxy) is 2. The van der Waals surface area contributed by atoms with Gasteiger partial charge >= 0.3 is 0 Å². The number of carbonyl (C=O) groups is 1. The standard InChI is InChI=1S/C23H22BrN3O3/c1-16(15-29-2)30-21-12-18(7-6-17-4-3-5-20(24)11-17)10-19(13-21)23(28)27-22-14-25-8-9-26-22/h3-14,16H,15H2,1-2H3,(H,26,27,28)/t16-/m0/s1. The average molecular weight is 468 g/mol. The van der Waals surface area contributed by atoms with Gasteiger partial charge in [-0.3, -0.25) is 9.78 Å². The maximum absolute atomic E-state index is 12.8. The molecule has 3 aromatic rings. The lowest BCUT2D eigenvalue weighted by molar-refractivity contribution is 0.0917. The van der Waals surface area contributed by atoms with Crippen LogP contribution in [0.1, 0.15) is 28.4 Å². The normalized spacial score (nSPS) is 12.0. The first-order valence-corrected chi connectivity index (χ1v) is 10.1. The smallest absolute Gasteiger partial charge is 0.257 e. The van der Waals surface area contributed by atoms with E-state index in [2.05, 4.69) is 31.2 Å². The van der Waals surface area contributed by atoms with Gasteiger partial charge in [0.2, 0.25) is 0 Å². The molecule has 0 saturated carbocycles. The Hall–Kier alpha value is -3.03. The van der Waals surface area contributed by atoms with Gasteiger partial charge in [-0.05, 0) is 48.4 Å². The topological polar surface area (TPSA) is 73.3 Å². The van der Waals surface area contributed by atoms with E-state index in [0.29, 0.717) is 23.7 Å². The van der Waals surface area contributed by atoms with Crippen LogP contribution in [0, 0.1) is 0 Å². The van der Waals surface area contributed by atoms with E-state index in [4.69, 9.17) is 9.47 Å². The zero-order chi connectivity index (χ0) is 21.3. The molecule has 0 spiro atoms. The number of anilines is 1. The highest BCUT2D eigenvalue weighted by Gasteiger charge is 2.12. The molecule has 30 heavy (non-hydrogen) atoms. The average Bonchev–Trinajstić information content (AvgIpc) is 2.73. The molecule has 0 unspecified atom stereocenters. The maximum Gasteiger partial charge on any atom is 0.257 e. The number of rotatable bonds is 8. The van der Waals surface area contributed by atoms with Crippen LogP contribution < -0.4 is 10.1 Å². The number of aromatic nitrogens is 2. The first-order chi connectivity index (χ1) is 14.5. The summed E-state index contributed by atoms with van der Waals surface area (Å²) in [5.41, 5.74) is 2.33. The predicted molar refractivity (Wildman–Crippen MR) is 121 cm³/mol. The summed E-state index contributed by atoms with van der Waals surface area (Å²) in [7, 11) is 1.62. The summed E-state index contributed by atoms with van der Waals surface area (Å²) in [5.74, 6) is 0.672. The minimum atomic E-state index is -0.294. The van der Waals surface area contributed by atoms with Gasteiger partial charge in [-0.2, -0.15) is 0 Å². The minimum Gasteiger partial charge on any atom is -0.488 e. The van der Waals surface area contributed by atoms with E-state index in [0.717, 1.165) is 15.6 Å². The Labute approximate surface area is 184 Å². The van der Waals surface area contributed by atoms with E-state index in [1.807, 2.05) is 49.4 Å². The fourth-order valence-corrected chi connectivity index (χ4v) is 3.19. The molecule has 0 bridgehead atoms. The van der Waals surface area contributed by atoms with Gasteiger partial charge in [-0.1, -0.05) is 40.2 Å². The molecule has 1 N–H and O–H groups in total. The third-order valence-electron chi connectivity index (χ3n) is 4.05. The van der Waals surface area contributed by atoms with Crippen molar-refractivity contribution in [2.75, 3.05) is 19.0 Å². The Morgan fingerprint density at radius 3 is 2.73 bits per heavy atom. The zero-order valence-electron chi connectivity index (χ0n) is 16.7. The largest absolute Gasteiger partial charge is 0.488 e. The summed E-state index contributed by atoms with van der Waals surface area (Å²) >= 11 is 3.47. The van der Waals surface area contributed by atoms with E-state index in [9.17, 15) is 4.79 Å². The van der Waals surface area contributed by atoms with E-state index in [1.54, 1.807) is 25.4 Å². The Kier molecular flexibility index (Phi) is 7.70. The van der Waals surface area contributed by atoms with Crippen LogP contribution in [0.15, 0.2) is 65.5 Å². The SMILES string of the molecule is COC[C@H](C)Oc1cc(C=Cc2cccc(Br)c2)cc(C(=O)Nc2cnccn2)c1. The molecule has 0 fully saturated rings. The van der Waals surface area contributed by atoms with Crippen LogP contribution in [0.4, 0.5) is 5.82 Å². The molecule has 0 radical (unpaired) electrons. The molecule has 3 rings (SSSR count). The highest BCUT2D eigenvalue weighted by atomic mass is 79.9. The Balaban J connectivity index is 1.88. The summed E-state index contributed by atoms with van der Waals surface area (Å²) in [4.78, 5) is 20.8. The van der Waals surface area contributed by atoms with Crippen LogP contribution in [0.3, 0.4) is 0 Å². The van der Waals surface area contributed by atoms with Gasteiger partial charge in [-0.15, -0.1) is 0 Å². The van der Waals surface area contributed by atoms with Crippen molar-refractivity contribution in [1.29, 1.82) is 0 Å². The number of hydrogen-bond acceptors (Lipinski definition) is 5. The van der Waals surface area contributed by atoms with Crippen LogP contribution in [-0.2, 0) is 4.74 Å². The van der Waals surface area contributed by atoms with Gasteiger partial charge in [0.25, 0.3) is 5.91 Å². The molecule has 1 heterocycles. The van der Waals surface area contributed by atoms with Gasteiger partial charge in [-0.25, -0.2) is 4.98 Å². The number of benzene rings is 2. The Bertz CT molecular complexity index is 1030. The maximum atomic E-state index is 12.8. The first kappa shape index (κ1) is 21.7. The van der Waals surface area contributed by atoms with Gasteiger partial charge in [0.15, 0.2) is 5.82 Å². The van der Waals surface area contributed by atoms with Crippen LogP contribution in [0.5, 0.6) is 5.75 Å². The van der Waals surface area contributed by atoms with E-state index in [1.165, 1.54) is 12.4 Å². The number of methoxy groups -OCH3 is 1. The van der Waals surface area contributed by atoms with Gasteiger partial charge < -0.3 is 14.8 Å². The lowest BCUT2D eigenvalue weighted by Crippen LogP contribution is -2.19. The summed E-state index contributed by atoms with van der Waals surface area (Å²) in [5, 5.41) is 2.75. The highest BCUT2D eigenvalue weighted by molar-refractivity contribution is 9.10. The van der Waals surface area contributed by atoms with Crippen molar-refractivity contribution in [2.45, 2.75) is 13.0 Å². The van der Waals surface area contributed by atoms with Crippen molar-refractivity contribution in [2.24, 2.45) is 0 Å². The number of carbonyl (C=O) groups excluding carboxylic acids is 1. The highest BCUT2D eigenvalue weighted by Crippen LogP contribution is 2.22. The lowest BCUT2D eigenvalue weighted by Gasteiger charge is -2.15. The van der Waals surface area contributed by atoms with E-state index < -0.39 is 0 Å². The van der Waals surface area contributed by atoms with Crippen LogP contribution in [-0.4, -0.2) is 35.7 Å². The third-order valence-corrected chi connectivity index (χ3v) is 4.54. The van der Waals surface area contributed by atoms with Crippen molar-refractivity contribution >= 4 is 39.8 Å². The minimum absolute atomic E-state index is 0.157. The van der Waals surface area contributed by atoms with Crippen molar-refractivity contribution < 1.29 is 14.3 Å². The second kappa shape index (κ2) is 10.7. The summed E-state index contributed by atoms with van der Waals surface area (Å²) in [6.45, 7) is 2.35. The summed E-state index contributed by atoms with van der Waals surface area (Å²) < 4.78 is 12.1. The second-order valence-corrected chi connectivity index (χ2v) is 7.52. The monoisotopic (exact) mass is 467 g/mol. The van der Waals surface area contributed by atoms with Gasteiger partial charge in [0, 0.05) is 29.5 Å². The Morgan fingerprint density at radius 1 is 1.17 bits per heavy atom. The first-order valence-electron chi connectivity index (χ1n) is 9.35. The molecule has 1 aromatic heterocycles. The molecule has 2 aromatic carbocycles. The number of amides is 1. The molecule has 1 atom stereocenters. The summed E-state index contributed by atoms with van der Waals surface area (Å²) in [6.07, 6.45) is 8.32. The van der Waals surface area contributed by atoms with Crippen LogP contribution in [0.25, 0.3) is 12.2 Å². The van der Waals surface area contributed by atoms with Crippen molar-refractivity contribution in [3.8, 4) is 5.75 Å². The molecule has 1 amide bonds. The molecule has 0 aliphatic heterocycles. The fourth-order valence-electron chi connectivity index (χ4n) is 2.77. The molecule has 0 aliphatic rings.